The van der Waals surface area contributed by atoms with E-state index in [4.69, 9.17) is 28.4 Å². The number of hydrogen-bond acceptors (Lipinski definition) is 18. The molecular weight excluding hydrogens is 867 g/mol. The maximum Gasteiger partial charge on any atom is 0.220 e. The summed E-state index contributed by atoms with van der Waals surface area (Å²) in [5, 5.41) is 119. The highest BCUT2D eigenvalue weighted by Gasteiger charge is 2.53. The summed E-state index contributed by atoms with van der Waals surface area (Å²) < 4.78 is 34.0. The van der Waals surface area contributed by atoms with Gasteiger partial charge in [-0.2, -0.15) is 0 Å². The molecule has 3 aliphatic heterocycles. The summed E-state index contributed by atoms with van der Waals surface area (Å²) in [7, 11) is 0. The van der Waals surface area contributed by atoms with E-state index in [-0.39, 0.29) is 18.9 Å². The van der Waals surface area contributed by atoms with Gasteiger partial charge in [-0.05, 0) is 38.5 Å². The lowest BCUT2D eigenvalue weighted by Crippen LogP contribution is -2.66. The lowest BCUT2D eigenvalue weighted by atomic mass is 9.96. The van der Waals surface area contributed by atoms with E-state index in [0.29, 0.717) is 12.8 Å². The van der Waals surface area contributed by atoms with Crippen LogP contribution in [0.1, 0.15) is 149 Å². The Balaban J connectivity index is 1.50. The Morgan fingerprint density at radius 1 is 0.530 bits per heavy atom. The number of ether oxygens (including phenoxy) is 6. The Bertz CT molecular complexity index is 1280. The quantitative estimate of drug-likeness (QED) is 0.0317. The van der Waals surface area contributed by atoms with Crippen LogP contribution < -0.4 is 5.32 Å². The van der Waals surface area contributed by atoms with E-state index >= 15 is 0 Å². The molecule has 66 heavy (non-hydrogen) atoms. The summed E-state index contributed by atoms with van der Waals surface area (Å²) in [6.45, 7) is 1.64. The zero-order chi connectivity index (χ0) is 48.4. The minimum Gasteiger partial charge on any atom is -0.394 e. The lowest BCUT2D eigenvalue weighted by molar-refractivity contribution is -0.379. The molecule has 12 N–H and O–H groups in total. The summed E-state index contributed by atoms with van der Waals surface area (Å²) in [6.07, 6.45) is -0.381. The van der Waals surface area contributed by atoms with E-state index in [9.17, 15) is 61.0 Å². The monoisotopic (exact) mass is 954 g/mol. The van der Waals surface area contributed by atoms with Crippen molar-refractivity contribution in [2.24, 2.45) is 0 Å². The standard InChI is InChI=1S/C47H87NO18/c1-3-5-7-9-10-11-12-13-14-15-16-17-18-19-21-23-25-35(53)48-30(31(52)24-22-20-8-6-4-2)29-61-45-41(59)38(56)43(33(27-50)63-45)66-47-42(60)39(57)44(34(28-51)64-47)65-46-40(58)37(55)36(54)32(26-49)62-46/h14-15,30-34,36-47,49-52,54-60H,3-13,16-29H2,1-2H3,(H,48,53)/b15-14-. The first-order valence-electron chi connectivity index (χ1n) is 24.9. The smallest absolute Gasteiger partial charge is 0.220 e. The summed E-state index contributed by atoms with van der Waals surface area (Å²) in [5.74, 6) is -0.260. The second-order valence-electron chi connectivity index (χ2n) is 18.3. The van der Waals surface area contributed by atoms with Crippen molar-refractivity contribution in [1.82, 2.24) is 5.32 Å². The second-order valence-corrected chi connectivity index (χ2v) is 18.3. The SMILES string of the molecule is CCCCCCCCC/C=C\CCCCCCCC(=O)NC(COC1OC(CO)C(OC2OC(CO)C(OC3OC(CO)C(O)C(O)C3O)C(O)C2O)C(O)C1O)C(O)CCCCCCC. The maximum absolute atomic E-state index is 13.1. The third-order valence-electron chi connectivity index (χ3n) is 12.8. The molecule has 3 saturated heterocycles. The summed E-state index contributed by atoms with van der Waals surface area (Å²) in [4.78, 5) is 13.1. The Kier molecular flexibility index (Phi) is 29.6. The van der Waals surface area contributed by atoms with Crippen LogP contribution in [-0.2, 0) is 33.2 Å². The Morgan fingerprint density at radius 2 is 0.955 bits per heavy atom. The van der Waals surface area contributed by atoms with Gasteiger partial charge in [0.15, 0.2) is 18.9 Å². The van der Waals surface area contributed by atoms with Gasteiger partial charge in [0, 0.05) is 6.42 Å². The fraction of sp³-hybridized carbons (Fsp3) is 0.936. The van der Waals surface area contributed by atoms with Gasteiger partial charge in [-0.1, -0.05) is 116 Å². The van der Waals surface area contributed by atoms with Gasteiger partial charge >= 0.3 is 0 Å². The van der Waals surface area contributed by atoms with Gasteiger partial charge in [0.2, 0.25) is 5.91 Å². The van der Waals surface area contributed by atoms with Crippen molar-refractivity contribution >= 4 is 5.91 Å². The van der Waals surface area contributed by atoms with Gasteiger partial charge in [0.25, 0.3) is 0 Å². The number of nitrogens with one attached hydrogen (secondary N) is 1. The molecule has 0 spiro atoms. The fourth-order valence-corrected chi connectivity index (χ4v) is 8.60. The van der Waals surface area contributed by atoms with E-state index in [2.05, 4.69) is 31.3 Å². The topological polar surface area (TPSA) is 307 Å². The molecule has 3 aliphatic rings. The van der Waals surface area contributed by atoms with Crippen LogP contribution in [-0.4, -0.2) is 193 Å². The molecule has 17 atom stereocenters. The predicted molar refractivity (Wildman–Crippen MR) is 240 cm³/mol. The van der Waals surface area contributed by atoms with E-state index in [1.807, 2.05) is 0 Å². The number of unbranched alkanes of at least 4 members (excludes halogenated alkanes) is 16. The first-order valence-corrected chi connectivity index (χ1v) is 24.9. The maximum atomic E-state index is 13.1. The van der Waals surface area contributed by atoms with Crippen LogP contribution in [0.2, 0.25) is 0 Å². The van der Waals surface area contributed by atoms with Crippen LogP contribution in [0.15, 0.2) is 12.2 Å². The predicted octanol–water partition coefficient (Wildman–Crippen LogP) is 1.09. The van der Waals surface area contributed by atoms with Gasteiger partial charge in [0.05, 0.1) is 38.6 Å². The van der Waals surface area contributed by atoms with Crippen molar-refractivity contribution < 1.29 is 89.4 Å². The second kappa shape index (κ2) is 33.2. The number of rotatable bonds is 34. The Hall–Kier alpha value is -1.47. The number of carbonyl (C=O) groups is 1. The molecule has 0 aromatic heterocycles. The van der Waals surface area contributed by atoms with E-state index in [0.717, 1.165) is 70.6 Å². The average Bonchev–Trinajstić information content (AvgIpc) is 3.31. The zero-order valence-electron chi connectivity index (χ0n) is 39.4. The van der Waals surface area contributed by atoms with Crippen LogP contribution in [0.4, 0.5) is 0 Å². The Labute approximate surface area is 391 Å². The van der Waals surface area contributed by atoms with Crippen molar-refractivity contribution in [2.75, 3.05) is 26.4 Å². The highest BCUT2D eigenvalue weighted by molar-refractivity contribution is 5.76. The number of carbonyl (C=O) groups excluding carboxylic acids is 1. The van der Waals surface area contributed by atoms with Crippen LogP contribution >= 0.6 is 0 Å². The van der Waals surface area contributed by atoms with Gasteiger partial charge in [-0.15, -0.1) is 0 Å². The highest BCUT2D eigenvalue weighted by Crippen LogP contribution is 2.33. The molecule has 19 heteroatoms. The van der Waals surface area contributed by atoms with E-state index in [1.54, 1.807) is 0 Å². The van der Waals surface area contributed by atoms with Crippen molar-refractivity contribution in [3.8, 4) is 0 Å². The molecular formula is C47H87NO18. The summed E-state index contributed by atoms with van der Waals surface area (Å²) >= 11 is 0. The van der Waals surface area contributed by atoms with Crippen LogP contribution in [0, 0.1) is 0 Å². The molecule has 0 aromatic rings. The van der Waals surface area contributed by atoms with Gasteiger partial charge in [-0.3, -0.25) is 4.79 Å². The van der Waals surface area contributed by atoms with Crippen molar-refractivity contribution in [1.29, 1.82) is 0 Å². The minimum absolute atomic E-state index is 0.256. The average molecular weight is 954 g/mol. The van der Waals surface area contributed by atoms with Gasteiger partial charge < -0.3 is 89.9 Å². The van der Waals surface area contributed by atoms with Crippen molar-refractivity contribution in [3.63, 3.8) is 0 Å². The normalized spacial score (nSPS) is 33.9. The molecule has 388 valence electrons. The van der Waals surface area contributed by atoms with Crippen molar-refractivity contribution in [2.45, 2.75) is 253 Å². The largest absolute Gasteiger partial charge is 0.394 e. The highest BCUT2D eigenvalue weighted by atomic mass is 16.8. The molecule has 0 bridgehead atoms. The molecule has 0 saturated carbocycles. The van der Waals surface area contributed by atoms with Gasteiger partial charge in [-0.25, -0.2) is 0 Å². The molecule has 3 heterocycles. The van der Waals surface area contributed by atoms with E-state index < -0.39 is 124 Å². The minimum atomic E-state index is -1.97. The van der Waals surface area contributed by atoms with Crippen LogP contribution in [0.25, 0.3) is 0 Å². The third kappa shape index (κ3) is 19.4. The first-order chi connectivity index (χ1) is 31.8. The Morgan fingerprint density at radius 3 is 1.47 bits per heavy atom. The van der Waals surface area contributed by atoms with Gasteiger partial charge in [0.1, 0.15) is 73.2 Å². The number of aliphatic hydroxyl groups excluding tert-OH is 11. The molecule has 3 rings (SSSR count). The third-order valence-corrected chi connectivity index (χ3v) is 12.8. The fourth-order valence-electron chi connectivity index (χ4n) is 8.60. The zero-order valence-corrected chi connectivity index (χ0v) is 39.4. The lowest BCUT2D eigenvalue weighted by Gasteiger charge is -2.48. The molecule has 0 radical (unpaired) electrons. The molecule has 1 amide bonds. The van der Waals surface area contributed by atoms with E-state index in [1.165, 1.54) is 44.9 Å². The molecule has 19 nitrogen and oxygen atoms in total. The number of aliphatic hydroxyl groups is 11. The molecule has 3 fully saturated rings. The number of amides is 1. The van der Waals surface area contributed by atoms with Crippen LogP contribution in [0.5, 0.6) is 0 Å². The van der Waals surface area contributed by atoms with Crippen LogP contribution in [0.3, 0.4) is 0 Å². The first kappa shape index (κ1) is 58.8. The number of hydrogen-bond donors (Lipinski definition) is 12. The summed E-state index contributed by atoms with van der Waals surface area (Å²) in [5.41, 5.74) is 0. The molecule has 17 unspecified atom stereocenters. The summed E-state index contributed by atoms with van der Waals surface area (Å²) in [6, 6.07) is -0.883. The number of allylic oxidation sites excluding steroid dienone is 2. The molecule has 0 aliphatic carbocycles. The molecule has 0 aromatic carbocycles. The van der Waals surface area contributed by atoms with Crippen molar-refractivity contribution in [3.05, 3.63) is 12.2 Å².